The summed E-state index contributed by atoms with van der Waals surface area (Å²) in [6.45, 7) is 4.99. The largest absolute Gasteiger partial charge is 0.368 e. The van der Waals surface area contributed by atoms with E-state index < -0.39 is 69.3 Å². The summed E-state index contributed by atoms with van der Waals surface area (Å²) in [7, 11) is 0. The standard InChI is InChI=1S/C31H26Cl5F2NO4/c1-4-43-30(2,3)25(41)14-19-23(37)10-6-16(28(19)38)12-24(40)18-13-17(7-9-20(18)32)39-29(42)27-26(31(27,35)36)15-5-8-21(33)22(34)11-15/h5-11,13,26-27H,4,12,14H2,1-3H3,(H,39,42)/t26-,27+/m0/s1. The van der Waals surface area contributed by atoms with Gasteiger partial charge in [0.2, 0.25) is 5.91 Å². The summed E-state index contributed by atoms with van der Waals surface area (Å²) in [5, 5.41) is 3.39. The number of carbonyl (C=O) groups is 3. The lowest BCUT2D eigenvalue weighted by atomic mass is 9.93. The number of ketones is 2. The molecule has 0 heterocycles. The molecule has 3 aromatic carbocycles. The van der Waals surface area contributed by atoms with Crippen LogP contribution in [0.4, 0.5) is 14.5 Å². The van der Waals surface area contributed by atoms with Crippen molar-refractivity contribution in [3.05, 3.63) is 97.5 Å². The summed E-state index contributed by atoms with van der Waals surface area (Å²) < 4.78 is 33.9. The van der Waals surface area contributed by atoms with Gasteiger partial charge in [0.1, 0.15) is 21.6 Å². The highest BCUT2D eigenvalue weighted by molar-refractivity contribution is 6.53. The smallest absolute Gasteiger partial charge is 0.231 e. The molecular formula is C31H26Cl5F2NO4. The predicted molar refractivity (Wildman–Crippen MR) is 166 cm³/mol. The molecule has 43 heavy (non-hydrogen) atoms. The normalized spacial score (nSPS) is 17.4. The molecule has 0 aromatic heterocycles. The third-order valence-electron chi connectivity index (χ3n) is 7.30. The van der Waals surface area contributed by atoms with Gasteiger partial charge in [0.05, 0.1) is 21.0 Å². The number of Topliss-reactive ketones (excluding diaryl/α,β-unsaturated/α-hetero) is 2. The minimum absolute atomic E-state index is 0.00172. The van der Waals surface area contributed by atoms with Crippen molar-refractivity contribution >= 4 is 81.2 Å². The molecule has 1 saturated carbocycles. The Morgan fingerprint density at radius 3 is 2.26 bits per heavy atom. The maximum atomic E-state index is 15.4. The van der Waals surface area contributed by atoms with Gasteiger partial charge in [-0.3, -0.25) is 14.4 Å². The van der Waals surface area contributed by atoms with Crippen LogP contribution in [0.25, 0.3) is 0 Å². The number of benzene rings is 3. The fraction of sp³-hybridized carbons (Fsp3) is 0.323. The Hall–Kier alpha value is -2.26. The molecule has 0 bridgehead atoms. The maximum absolute atomic E-state index is 15.4. The molecule has 0 spiro atoms. The Labute approximate surface area is 272 Å². The number of anilines is 1. The van der Waals surface area contributed by atoms with Crippen LogP contribution in [0.5, 0.6) is 0 Å². The van der Waals surface area contributed by atoms with Crippen LogP contribution >= 0.6 is 58.0 Å². The Morgan fingerprint density at radius 2 is 1.60 bits per heavy atom. The van der Waals surface area contributed by atoms with Crippen molar-refractivity contribution in [1.29, 1.82) is 0 Å². The Balaban J connectivity index is 1.51. The molecule has 1 amide bonds. The van der Waals surface area contributed by atoms with Crippen molar-refractivity contribution in [3.8, 4) is 0 Å². The van der Waals surface area contributed by atoms with E-state index in [1.54, 1.807) is 25.1 Å². The molecule has 0 radical (unpaired) electrons. The van der Waals surface area contributed by atoms with Gasteiger partial charge >= 0.3 is 0 Å². The van der Waals surface area contributed by atoms with Gasteiger partial charge in [0.25, 0.3) is 0 Å². The lowest BCUT2D eigenvalue weighted by Gasteiger charge is -2.23. The van der Waals surface area contributed by atoms with E-state index in [0.717, 1.165) is 12.1 Å². The maximum Gasteiger partial charge on any atom is 0.231 e. The Kier molecular flexibility index (Phi) is 10.2. The van der Waals surface area contributed by atoms with Gasteiger partial charge in [-0.25, -0.2) is 8.78 Å². The molecule has 228 valence electrons. The number of ether oxygens (including phenoxy) is 1. The van der Waals surface area contributed by atoms with Gasteiger partial charge in [0.15, 0.2) is 11.6 Å². The van der Waals surface area contributed by atoms with Gasteiger partial charge in [0, 0.05) is 42.2 Å². The summed E-state index contributed by atoms with van der Waals surface area (Å²) in [5.74, 6) is -4.91. The number of amides is 1. The van der Waals surface area contributed by atoms with Crippen LogP contribution in [0, 0.1) is 17.6 Å². The number of hydrogen-bond acceptors (Lipinski definition) is 4. The number of halogens is 7. The number of nitrogens with one attached hydrogen (secondary N) is 1. The second-order valence-corrected chi connectivity index (χ2v) is 13.3. The second kappa shape index (κ2) is 13.0. The molecule has 2 atom stereocenters. The fourth-order valence-corrected chi connectivity index (χ4v) is 6.20. The molecule has 1 aliphatic rings. The quantitative estimate of drug-likeness (QED) is 0.161. The van der Waals surface area contributed by atoms with E-state index in [1.807, 2.05) is 0 Å². The van der Waals surface area contributed by atoms with Crippen molar-refractivity contribution in [2.45, 2.75) is 49.5 Å². The van der Waals surface area contributed by atoms with Crippen LogP contribution in [0.15, 0.2) is 48.5 Å². The van der Waals surface area contributed by atoms with Gasteiger partial charge < -0.3 is 10.1 Å². The van der Waals surface area contributed by atoms with Crippen molar-refractivity contribution in [3.63, 3.8) is 0 Å². The Morgan fingerprint density at radius 1 is 0.930 bits per heavy atom. The van der Waals surface area contributed by atoms with E-state index in [1.165, 1.54) is 32.0 Å². The molecule has 1 N–H and O–H groups in total. The van der Waals surface area contributed by atoms with Gasteiger partial charge in [-0.2, -0.15) is 0 Å². The molecule has 0 unspecified atom stereocenters. The van der Waals surface area contributed by atoms with Crippen LogP contribution in [-0.2, 0) is 27.2 Å². The molecule has 3 aromatic rings. The molecule has 0 aliphatic heterocycles. The number of rotatable bonds is 11. The van der Waals surface area contributed by atoms with Crippen LogP contribution in [0.3, 0.4) is 0 Å². The first-order valence-electron chi connectivity index (χ1n) is 13.2. The summed E-state index contributed by atoms with van der Waals surface area (Å²) in [6.07, 6.45) is -1.03. The van der Waals surface area contributed by atoms with Crippen molar-refractivity contribution in [2.24, 2.45) is 5.92 Å². The molecule has 1 aliphatic carbocycles. The molecule has 0 saturated heterocycles. The highest BCUT2D eigenvalue weighted by Gasteiger charge is 2.67. The monoisotopic (exact) mass is 689 g/mol. The van der Waals surface area contributed by atoms with Crippen LogP contribution in [0.2, 0.25) is 15.1 Å². The average molecular weight is 692 g/mol. The van der Waals surface area contributed by atoms with Crippen LogP contribution < -0.4 is 5.32 Å². The summed E-state index contributed by atoms with van der Waals surface area (Å²) in [5.41, 5.74) is -0.960. The van der Waals surface area contributed by atoms with Crippen molar-refractivity contribution < 1.29 is 27.9 Å². The zero-order valence-corrected chi connectivity index (χ0v) is 27.0. The molecule has 1 fully saturated rings. The zero-order chi connectivity index (χ0) is 31.9. The van der Waals surface area contributed by atoms with Gasteiger partial charge in [-0.15, -0.1) is 23.2 Å². The van der Waals surface area contributed by atoms with Crippen LogP contribution in [0.1, 0.15) is 53.7 Å². The van der Waals surface area contributed by atoms with E-state index in [0.29, 0.717) is 15.6 Å². The highest BCUT2D eigenvalue weighted by atomic mass is 35.5. The number of hydrogen-bond donors (Lipinski definition) is 1. The van der Waals surface area contributed by atoms with E-state index in [-0.39, 0.29) is 28.4 Å². The molecule has 12 heteroatoms. The molecule has 4 rings (SSSR count). The third kappa shape index (κ3) is 7.19. The van der Waals surface area contributed by atoms with E-state index in [9.17, 15) is 18.8 Å². The van der Waals surface area contributed by atoms with Crippen molar-refractivity contribution in [2.75, 3.05) is 11.9 Å². The fourth-order valence-electron chi connectivity index (χ4n) is 4.84. The average Bonchev–Trinajstić information content (AvgIpc) is 3.52. The summed E-state index contributed by atoms with van der Waals surface area (Å²) in [4.78, 5) is 39.0. The third-order valence-corrected chi connectivity index (χ3v) is 9.31. The first-order chi connectivity index (χ1) is 20.1. The van der Waals surface area contributed by atoms with Gasteiger partial charge in [-0.05, 0) is 68.3 Å². The second-order valence-electron chi connectivity index (χ2n) is 10.6. The number of carbonyl (C=O) groups excluding carboxylic acids is 3. The van der Waals surface area contributed by atoms with E-state index >= 15 is 4.39 Å². The summed E-state index contributed by atoms with van der Waals surface area (Å²) in [6, 6.07) is 11.2. The topological polar surface area (TPSA) is 72.5 Å². The first kappa shape index (κ1) is 33.6. The summed E-state index contributed by atoms with van der Waals surface area (Å²) >= 11 is 31.2. The lowest BCUT2D eigenvalue weighted by molar-refractivity contribution is -0.139. The predicted octanol–water partition coefficient (Wildman–Crippen LogP) is 8.80. The van der Waals surface area contributed by atoms with Crippen molar-refractivity contribution in [1.82, 2.24) is 0 Å². The Bertz CT molecular complexity index is 1610. The van der Waals surface area contributed by atoms with Crippen LogP contribution in [-0.4, -0.2) is 34.0 Å². The molecular weight excluding hydrogens is 666 g/mol. The minimum atomic E-state index is -1.40. The minimum Gasteiger partial charge on any atom is -0.368 e. The zero-order valence-electron chi connectivity index (χ0n) is 23.2. The van der Waals surface area contributed by atoms with Gasteiger partial charge in [-0.1, -0.05) is 46.9 Å². The van der Waals surface area contributed by atoms with E-state index in [2.05, 4.69) is 5.32 Å². The lowest BCUT2D eigenvalue weighted by Crippen LogP contribution is -2.36. The number of alkyl halides is 2. The highest BCUT2D eigenvalue weighted by Crippen LogP contribution is 2.65. The molecule has 5 nitrogen and oxygen atoms in total. The SMILES string of the molecule is CCOC(C)(C)C(=O)Cc1c(F)ccc(CC(=O)c2cc(NC(=O)[C@H]3[C@H](c4ccc(Cl)c(Cl)c4)C3(Cl)Cl)ccc2Cl)c1F. The first-order valence-corrected chi connectivity index (χ1v) is 15.1. The van der Waals surface area contributed by atoms with E-state index in [4.69, 9.17) is 62.7 Å².